The van der Waals surface area contributed by atoms with Gasteiger partial charge in [0, 0.05) is 0 Å². The average Bonchev–Trinajstić information content (AvgIpc) is 2.28. The first-order valence-electron chi connectivity index (χ1n) is 5.21. The summed E-state index contributed by atoms with van der Waals surface area (Å²) >= 11 is 0. The van der Waals surface area contributed by atoms with Gasteiger partial charge in [0.05, 0.1) is 5.56 Å². The zero-order chi connectivity index (χ0) is 13.6. The van der Waals surface area contributed by atoms with E-state index in [4.69, 9.17) is 5.11 Å². The summed E-state index contributed by atoms with van der Waals surface area (Å²) in [7, 11) is 0. The molecular formula is C12H16CaO6. The van der Waals surface area contributed by atoms with Crippen LogP contribution in [0.5, 0.6) is 0 Å². The van der Waals surface area contributed by atoms with Gasteiger partial charge in [0.15, 0.2) is 0 Å². The van der Waals surface area contributed by atoms with Crippen LogP contribution in [0.15, 0.2) is 30.3 Å². The van der Waals surface area contributed by atoms with Crippen molar-refractivity contribution in [2.45, 2.75) is 19.4 Å². The fourth-order valence-corrected chi connectivity index (χ4v) is 1.11. The molecule has 0 heterocycles. The molecule has 0 fully saturated rings. The van der Waals surface area contributed by atoms with Gasteiger partial charge in [-0.2, -0.15) is 4.89 Å². The van der Waals surface area contributed by atoms with Crippen LogP contribution in [-0.2, 0) is 14.5 Å². The number of carbonyl (C=O) groups is 2. The molecule has 0 aromatic heterocycles. The molecule has 7 heteroatoms. The average molecular weight is 296 g/mol. The van der Waals surface area contributed by atoms with Crippen molar-refractivity contribution in [3.05, 3.63) is 35.9 Å². The third-order valence-electron chi connectivity index (χ3n) is 1.91. The third-order valence-corrected chi connectivity index (χ3v) is 1.91. The first-order valence-corrected chi connectivity index (χ1v) is 5.21. The minimum atomic E-state index is -1.42. The van der Waals surface area contributed by atoms with Crippen molar-refractivity contribution in [3.8, 4) is 0 Å². The minimum Gasteiger partial charge on any atom is -1.00 e. The summed E-state index contributed by atoms with van der Waals surface area (Å²) in [6, 6.07) is 8.29. The van der Waals surface area contributed by atoms with E-state index in [0.29, 0.717) is 5.56 Å². The van der Waals surface area contributed by atoms with E-state index in [9.17, 15) is 9.59 Å². The number of benzene rings is 1. The molecule has 0 spiro atoms. The maximum absolute atomic E-state index is 11.4. The van der Waals surface area contributed by atoms with Crippen LogP contribution in [0.2, 0.25) is 0 Å². The summed E-state index contributed by atoms with van der Waals surface area (Å²) < 4.78 is 4.53. The molecule has 0 bridgehead atoms. The molecule has 1 rings (SSSR count). The Morgan fingerprint density at radius 3 is 2.37 bits per heavy atom. The van der Waals surface area contributed by atoms with Gasteiger partial charge in [0.2, 0.25) is 0 Å². The zero-order valence-electron chi connectivity index (χ0n) is 12.8. The third kappa shape index (κ3) is 7.37. The van der Waals surface area contributed by atoms with E-state index < -0.39 is 17.7 Å². The number of carboxylic acid groups (broad SMARTS) is 1. The van der Waals surface area contributed by atoms with Crippen molar-refractivity contribution in [3.63, 3.8) is 0 Å². The summed E-state index contributed by atoms with van der Waals surface area (Å²) in [6.07, 6.45) is -1.42. The summed E-state index contributed by atoms with van der Waals surface area (Å²) in [6.45, 7) is 2.80. The first-order chi connectivity index (χ1) is 8.41. The Labute approximate surface area is 143 Å². The molecule has 19 heavy (non-hydrogen) atoms. The topological polar surface area (TPSA) is 82.1 Å². The van der Waals surface area contributed by atoms with Gasteiger partial charge in [0.1, 0.15) is 12.2 Å². The molecule has 0 saturated heterocycles. The first kappa shape index (κ1) is 18.2. The predicted octanol–water partition coefficient (Wildman–Crippen LogP) is 2.09. The van der Waals surface area contributed by atoms with E-state index in [2.05, 4.69) is 14.5 Å². The Morgan fingerprint density at radius 2 is 1.84 bits per heavy atom. The van der Waals surface area contributed by atoms with Gasteiger partial charge >= 0.3 is 49.9 Å². The molecule has 102 valence electrons. The van der Waals surface area contributed by atoms with Crippen LogP contribution in [0.4, 0.5) is 4.79 Å². The molecule has 0 unspecified atom stereocenters. The van der Waals surface area contributed by atoms with Gasteiger partial charge in [-0.15, -0.1) is 0 Å². The second-order valence-electron chi connectivity index (χ2n) is 4.13. The van der Waals surface area contributed by atoms with Gasteiger partial charge in [-0.05, 0) is 26.0 Å². The summed E-state index contributed by atoms with van der Waals surface area (Å²) in [5.74, 6) is -0.651. The number of ether oxygens (including phenoxy) is 1. The predicted molar refractivity (Wildman–Crippen MR) is 69.0 cm³/mol. The molecule has 0 radical (unpaired) electrons. The van der Waals surface area contributed by atoms with Crippen LogP contribution >= 0.6 is 0 Å². The smallest absolute Gasteiger partial charge is 1.00 e. The maximum Gasteiger partial charge on any atom is 2.00 e. The van der Waals surface area contributed by atoms with E-state index in [1.807, 2.05) is 0 Å². The van der Waals surface area contributed by atoms with Crippen LogP contribution in [0.3, 0.4) is 0 Å². The Bertz CT molecular complexity index is 427. The van der Waals surface area contributed by atoms with Gasteiger partial charge < -0.3 is 12.7 Å². The molecule has 1 N–H and O–H groups in total. The Hall–Kier alpha value is -0.820. The normalized spacial score (nSPS) is 10.2. The summed E-state index contributed by atoms with van der Waals surface area (Å²) in [5.41, 5.74) is -0.752. The monoisotopic (exact) mass is 296 g/mol. The van der Waals surface area contributed by atoms with Gasteiger partial charge in [-0.1, -0.05) is 18.2 Å². The quantitative estimate of drug-likeness (QED) is 0.388. The molecule has 0 amide bonds. The number of hydrogen-bond acceptors (Lipinski definition) is 5. The van der Waals surface area contributed by atoms with Crippen LogP contribution in [0, 0.1) is 0 Å². The standard InChI is InChI=1S/C12H14O6.Ca.2H/c1-12(2,17-11(14)15)8-16-18-10(13)9-6-4-3-5-7-9;;;/h3-7H,8H2,1-2H3,(H,14,15);;;/q;+2;2*-1. The van der Waals surface area contributed by atoms with E-state index in [-0.39, 0.29) is 47.2 Å². The summed E-state index contributed by atoms with van der Waals surface area (Å²) in [5, 5.41) is 8.45. The molecule has 1 aromatic carbocycles. The number of carbonyl (C=O) groups excluding carboxylic acids is 1. The number of rotatable bonds is 5. The maximum atomic E-state index is 11.4. The van der Waals surface area contributed by atoms with E-state index >= 15 is 0 Å². The molecule has 6 nitrogen and oxygen atoms in total. The van der Waals surface area contributed by atoms with Crippen LogP contribution in [-0.4, -0.2) is 67.2 Å². The largest absolute Gasteiger partial charge is 2.00 e. The van der Waals surface area contributed by atoms with Crippen LogP contribution in [0.1, 0.15) is 27.1 Å². The zero-order valence-corrected chi connectivity index (χ0v) is 13.0. The molecular weight excluding hydrogens is 280 g/mol. The van der Waals surface area contributed by atoms with Crippen LogP contribution in [0.25, 0.3) is 0 Å². The van der Waals surface area contributed by atoms with Crippen LogP contribution < -0.4 is 0 Å². The van der Waals surface area contributed by atoms with E-state index in [1.54, 1.807) is 30.3 Å². The van der Waals surface area contributed by atoms with Crippen molar-refractivity contribution in [1.82, 2.24) is 0 Å². The SMILES string of the molecule is CC(C)(COOC(=O)c1ccccc1)OC(=O)O.[Ca+2].[H-].[H-]. The number of hydrogen-bond donors (Lipinski definition) is 1. The van der Waals surface area contributed by atoms with Crippen molar-refractivity contribution < 1.29 is 32.1 Å². The van der Waals surface area contributed by atoms with Crippen molar-refractivity contribution in [1.29, 1.82) is 0 Å². The fraction of sp³-hybridized carbons (Fsp3) is 0.333. The minimum absolute atomic E-state index is 0. The van der Waals surface area contributed by atoms with Crippen molar-refractivity contribution in [2.24, 2.45) is 0 Å². The second kappa shape index (κ2) is 8.37. The van der Waals surface area contributed by atoms with E-state index in [1.165, 1.54) is 13.8 Å². The van der Waals surface area contributed by atoms with Gasteiger partial charge in [-0.3, -0.25) is 4.89 Å². The Kier molecular flexibility index (Phi) is 8.01. The fourth-order valence-electron chi connectivity index (χ4n) is 1.11. The Morgan fingerprint density at radius 1 is 1.26 bits per heavy atom. The van der Waals surface area contributed by atoms with E-state index in [0.717, 1.165) is 0 Å². The van der Waals surface area contributed by atoms with Gasteiger partial charge in [0.25, 0.3) is 0 Å². The molecule has 0 aliphatic carbocycles. The van der Waals surface area contributed by atoms with Crippen molar-refractivity contribution >= 4 is 49.9 Å². The Balaban J connectivity index is -0.00000108. The molecule has 0 atom stereocenters. The summed E-state index contributed by atoms with van der Waals surface area (Å²) in [4.78, 5) is 31.0. The molecule has 0 aliphatic rings. The van der Waals surface area contributed by atoms with Crippen molar-refractivity contribution in [2.75, 3.05) is 6.61 Å². The molecule has 0 aliphatic heterocycles. The molecule has 0 saturated carbocycles. The second-order valence-corrected chi connectivity index (χ2v) is 4.13. The molecule has 1 aromatic rings. The van der Waals surface area contributed by atoms with Gasteiger partial charge in [-0.25, -0.2) is 9.59 Å².